The number of unbranched alkanes of at least 4 members (excludes halogenated alkanes) is 2. The summed E-state index contributed by atoms with van der Waals surface area (Å²) in [6, 6.07) is 0. The molecule has 0 amide bonds. The first-order chi connectivity index (χ1) is 6.56. The molecule has 0 spiro atoms. The second kappa shape index (κ2) is 6.82. The maximum Gasteiger partial charge on any atom is 0.309 e. The van der Waals surface area contributed by atoms with Gasteiger partial charge in [-0.05, 0) is 26.2 Å². The topological polar surface area (TPSA) is 57.5 Å². The zero-order chi connectivity index (χ0) is 11.0. The summed E-state index contributed by atoms with van der Waals surface area (Å²) in [6.07, 6.45) is 4.95. The highest BCUT2D eigenvalue weighted by Gasteiger charge is 2.30. The summed E-state index contributed by atoms with van der Waals surface area (Å²) in [5, 5.41) is 17.7. The molecular formula is C11H22O3. The van der Waals surface area contributed by atoms with Crippen molar-refractivity contribution in [2.45, 2.75) is 52.4 Å². The van der Waals surface area contributed by atoms with Gasteiger partial charge in [-0.15, -0.1) is 0 Å². The van der Waals surface area contributed by atoms with E-state index in [2.05, 4.69) is 0 Å². The van der Waals surface area contributed by atoms with E-state index in [1.54, 1.807) is 0 Å². The third-order valence-corrected chi connectivity index (χ3v) is 2.70. The molecule has 0 aromatic rings. The molecule has 2 N–H and O–H groups in total. The van der Waals surface area contributed by atoms with Gasteiger partial charge in [0.15, 0.2) is 0 Å². The van der Waals surface area contributed by atoms with Crippen LogP contribution in [0.4, 0.5) is 0 Å². The van der Waals surface area contributed by atoms with E-state index >= 15 is 0 Å². The second-order valence-corrected chi connectivity index (χ2v) is 4.15. The van der Waals surface area contributed by atoms with Crippen LogP contribution in [0.1, 0.15) is 52.4 Å². The number of rotatable bonds is 8. The Morgan fingerprint density at radius 3 is 2.29 bits per heavy atom. The Labute approximate surface area is 86.1 Å². The number of aliphatic hydroxyl groups excluding tert-OH is 1. The van der Waals surface area contributed by atoms with Gasteiger partial charge in [0.1, 0.15) is 0 Å². The molecule has 3 heteroatoms. The van der Waals surface area contributed by atoms with Gasteiger partial charge < -0.3 is 10.2 Å². The Balaban J connectivity index is 3.90. The number of hydrogen-bond acceptors (Lipinski definition) is 2. The van der Waals surface area contributed by atoms with E-state index in [-0.39, 0.29) is 6.61 Å². The van der Waals surface area contributed by atoms with Crippen molar-refractivity contribution in [3.63, 3.8) is 0 Å². The Hall–Kier alpha value is -0.570. The predicted octanol–water partition coefficient (Wildman–Crippen LogP) is 2.43. The van der Waals surface area contributed by atoms with Crippen LogP contribution < -0.4 is 0 Å². The number of hydrogen-bond donors (Lipinski definition) is 2. The van der Waals surface area contributed by atoms with Gasteiger partial charge in [0.25, 0.3) is 0 Å². The second-order valence-electron chi connectivity index (χ2n) is 4.15. The minimum atomic E-state index is -0.691. The Bertz CT molecular complexity index is 168. The van der Waals surface area contributed by atoms with Gasteiger partial charge in [-0.3, -0.25) is 4.79 Å². The molecule has 84 valence electrons. The molecular weight excluding hydrogens is 180 g/mol. The van der Waals surface area contributed by atoms with Gasteiger partial charge in [-0.2, -0.15) is 0 Å². The van der Waals surface area contributed by atoms with E-state index < -0.39 is 11.4 Å². The van der Waals surface area contributed by atoms with Gasteiger partial charge in [-0.1, -0.05) is 26.2 Å². The van der Waals surface area contributed by atoms with E-state index in [4.69, 9.17) is 10.2 Å². The standard InChI is InChI=1S/C11H22O3/c1-3-7-11(2,10(13)14)8-5-4-6-9-12/h12H,3-9H2,1-2H3,(H,13,14). The van der Waals surface area contributed by atoms with Crippen LogP contribution in [0.3, 0.4) is 0 Å². The Kier molecular flexibility index (Phi) is 6.54. The molecule has 0 aliphatic rings. The molecule has 0 aromatic carbocycles. The average molecular weight is 202 g/mol. The summed E-state index contributed by atoms with van der Waals surface area (Å²) in [7, 11) is 0. The van der Waals surface area contributed by atoms with E-state index in [9.17, 15) is 4.79 Å². The molecule has 3 nitrogen and oxygen atoms in total. The zero-order valence-electron chi connectivity index (χ0n) is 9.25. The van der Waals surface area contributed by atoms with Crippen molar-refractivity contribution in [3.05, 3.63) is 0 Å². The van der Waals surface area contributed by atoms with E-state index in [1.165, 1.54) is 0 Å². The first kappa shape index (κ1) is 13.4. The fourth-order valence-electron chi connectivity index (χ4n) is 1.69. The van der Waals surface area contributed by atoms with Crippen LogP contribution in [-0.2, 0) is 4.79 Å². The highest BCUT2D eigenvalue weighted by Crippen LogP contribution is 2.30. The van der Waals surface area contributed by atoms with Crippen molar-refractivity contribution in [3.8, 4) is 0 Å². The Morgan fingerprint density at radius 1 is 1.21 bits per heavy atom. The van der Waals surface area contributed by atoms with Gasteiger partial charge in [0.05, 0.1) is 5.41 Å². The molecule has 0 fully saturated rings. The van der Waals surface area contributed by atoms with Crippen LogP contribution in [0.5, 0.6) is 0 Å². The molecule has 0 saturated carbocycles. The van der Waals surface area contributed by atoms with E-state index in [0.29, 0.717) is 0 Å². The van der Waals surface area contributed by atoms with Crippen molar-refractivity contribution in [2.24, 2.45) is 5.41 Å². The van der Waals surface area contributed by atoms with E-state index in [0.717, 1.165) is 38.5 Å². The molecule has 0 heterocycles. The smallest absolute Gasteiger partial charge is 0.309 e. The molecule has 1 atom stereocenters. The van der Waals surface area contributed by atoms with Crippen LogP contribution in [0.2, 0.25) is 0 Å². The summed E-state index contributed by atoms with van der Waals surface area (Å²) in [6.45, 7) is 4.03. The summed E-state index contributed by atoms with van der Waals surface area (Å²) >= 11 is 0. The number of aliphatic carboxylic acids is 1. The largest absolute Gasteiger partial charge is 0.481 e. The normalized spacial score (nSPS) is 15.1. The summed E-state index contributed by atoms with van der Waals surface area (Å²) in [5.41, 5.74) is -0.565. The minimum Gasteiger partial charge on any atom is -0.481 e. The molecule has 0 aliphatic carbocycles. The van der Waals surface area contributed by atoms with Crippen molar-refractivity contribution in [1.82, 2.24) is 0 Å². The molecule has 0 aliphatic heterocycles. The monoisotopic (exact) mass is 202 g/mol. The van der Waals surface area contributed by atoms with Crippen molar-refractivity contribution in [1.29, 1.82) is 0 Å². The van der Waals surface area contributed by atoms with E-state index in [1.807, 2.05) is 13.8 Å². The maximum absolute atomic E-state index is 11.0. The lowest BCUT2D eigenvalue weighted by molar-refractivity contribution is -0.148. The minimum absolute atomic E-state index is 0.206. The molecule has 0 saturated heterocycles. The first-order valence-electron chi connectivity index (χ1n) is 5.41. The van der Waals surface area contributed by atoms with Crippen molar-refractivity contribution in [2.75, 3.05) is 6.61 Å². The molecule has 0 bridgehead atoms. The van der Waals surface area contributed by atoms with Crippen molar-refractivity contribution < 1.29 is 15.0 Å². The fourth-order valence-corrected chi connectivity index (χ4v) is 1.69. The summed E-state index contributed by atoms with van der Waals surface area (Å²) in [5.74, 6) is -0.691. The SMILES string of the molecule is CCCC(C)(CCCCCO)C(=O)O. The first-order valence-corrected chi connectivity index (χ1v) is 5.41. The number of carboxylic acids is 1. The molecule has 14 heavy (non-hydrogen) atoms. The van der Waals surface area contributed by atoms with Crippen LogP contribution in [-0.4, -0.2) is 22.8 Å². The van der Waals surface area contributed by atoms with Crippen LogP contribution >= 0.6 is 0 Å². The van der Waals surface area contributed by atoms with Gasteiger partial charge in [0.2, 0.25) is 0 Å². The summed E-state index contributed by atoms with van der Waals surface area (Å²) < 4.78 is 0. The molecule has 0 radical (unpaired) electrons. The maximum atomic E-state index is 11.0. The number of carbonyl (C=O) groups is 1. The van der Waals surface area contributed by atoms with Gasteiger partial charge in [-0.25, -0.2) is 0 Å². The van der Waals surface area contributed by atoms with Crippen LogP contribution in [0, 0.1) is 5.41 Å². The van der Waals surface area contributed by atoms with Crippen LogP contribution in [0.15, 0.2) is 0 Å². The lowest BCUT2D eigenvalue weighted by Crippen LogP contribution is -2.27. The Morgan fingerprint density at radius 2 is 1.86 bits per heavy atom. The lowest BCUT2D eigenvalue weighted by Gasteiger charge is -2.23. The fraction of sp³-hybridized carbons (Fsp3) is 0.909. The zero-order valence-corrected chi connectivity index (χ0v) is 9.25. The quantitative estimate of drug-likeness (QED) is 0.594. The van der Waals surface area contributed by atoms with Crippen LogP contribution in [0.25, 0.3) is 0 Å². The molecule has 0 rings (SSSR count). The lowest BCUT2D eigenvalue weighted by atomic mass is 9.81. The highest BCUT2D eigenvalue weighted by molar-refractivity contribution is 5.73. The van der Waals surface area contributed by atoms with Gasteiger partial charge >= 0.3 is 5.97 Å². The summed E-state index contributed by atoms with van der Waals surface area (Å²) in [4.78, 5) is 11.0. The molecule has 0 aromatic heterocycles. The van der Waals surface area contributed by atoms with Gasteiger partial charge in [0, 0.05) is 6.61 Å². The van der Waals surface area contributed by atoms with Crippen molar-refractivity contribution >= 4 is 5.97 Å². The average Bonchev–Trinajstić information content (AvgIpc) is 2.13. The number of carboxylic acid groups (broad SMARTS) is 1. The number of aliphatic hydroxyl groups is 1. The third-order valence-electron chi connectivity index (χ3n) is 2.70. The highest BCUT2D eigenvalue weighted by atomic mass is 16.4. The third kappa shape index (κ3) is 4.61. The predicted molar refractivity (Wildman–Crippen MR) is 56.2 cm³/mol. The molecule has 1 unspecified atom stereocenters.